The van der Waals surface area contributed by atoms with Gasteiger partial charge in [-0.1, -0.05) is 12.1 Å². The van der Waals surface area contributed by atoms with Crippen LogP contribution in [0.1, 0.15) is 15.9 Å². The van der Waals surface area contributed by atoms with Gasteiger partial charge in [-0.25, -0.2) is 0 Å². The first kappa shape index (κ1) is 15.0. The summed E-state index contributed by atoms with van der Waals surface area (Å²) in [4.78, 5) is 11.9. The lowest BCUT2D eigenvalue weighted by atomic mass is 10.1. The number of hydrogen-bond acceptors (Lipinski definition) is 4. The van der Waals surface area contributed by atoms with E-state index in [0.29, 0.717) is 12.2 Å². The lowest BCUT2D eigenvalue weighted by Gasteiger charge is -2.15. The van der Waals surface area contributed by atoms with E-state index in [1.807, 2.05) is 18.4 Å². The Bertz CT molecular complexity index is 367. The molecule has 1 aromatic carbocycles. The van der Waals surface area contributed by atoms with Gasteiger partial charge in [0.2, 0.25) is 0 Å². The van der Waals surface area contributed by atoms with Gasteiger partial charge in [0, 0.05) is 18.4 Å². The molecule has 1 amide bonds. The Morgan fingerprint density at radius 3 is 2.61 bits per heavy atom. The van der Waals surface area contributed by atoms with Gasteiger partial charge in [-0.05, 0) is 24.0 Å². The van der Waals surface area contributed by atoms with Crippen LogP contribution in [-0.2, 0) is 10.5 Å². The average molecular weight is 269 g/mol. The summed E-state index contributed by atoms with van der Waals surface area (Å²) in [6, 6.07) is 7.10. The first-order valence-electron chi connectivity index (χ1n) is 5.69. The highest BCUT2D eigenvalue weighted by Crippen LogP contribution is 2.10. The van der Waals surface area contributed by atoms with Crippen LogP contribution in [0.15, 0.2) is 24.3 Å². The number of aliphatic hydroxyl groups excluding tert-OH is 1. The average Bonchev–Trinajstić information content (AvgIpc) is 2.39. The second-order valence-corrected chi connectivity index (χ2v) is 4.80. The molecule has 1 unspecified atom stereocenters. The summed E-state index contributed by atoms with van der Waals surface area (Å²) in [5.74, 6) is 0.743. The molecule has 0 fully saturated rings. The van der Waals surface area contributed by atoms with E-state index >= 15 is 0 Å². The van der Waals surface area contributed by atoms with E-state index in [1.165, 1.54) is 12.7 Å². The predicted octanol–water partition coefficient (Wildman–Crippen LogP) is 1.29. The zero-order valence-corrected chi connectivity index (χ0v) is 11.5. The molecule has 18 heavy (non-hydrogen) atoms. The number of hydrogen-bond donors (Lipinski definition) is 2. The number of thioether (sulfide) groups is 1. The van der Waals surface area contributed by atoms with Crippen molar-refractivity contribution in [3.8, 4) is 0 Å². The smallest absolute Gasteiger partial charge is 0.251 e. The van der Waals surface area contributed by atoms with Crippen LogP contribution in [0.3, 0.4) is 0 Å². The van der Waals surface area contributed by atoms with E-state index in [-0.39, 0.29) is 18.6 Å². The first-order chi connectivity index (χ1) is 8.71. The Labute approximate surface area is 112 Å². The maximum Gasteiger partial charge on any atom is 0.251 e. The molecule has 5 heteroatoms. The van der Waals surface area contributed by atoms with Crippen molar-refractivity contribution < 1.29 is 14.6 Å². The van der Waals surface area contributed by atoms with Crippen molar-refractivity contribution in [2.45, 2.75) is 11.8 Å². The van der Waals surface area contributed by atoms with Crippen molar-refractivity contribution in [1.29, 1.82) is 0 Å². The Morgan fingerprint density at radius 2 is 2.11 bits per heavy atom. The van der Waals surface area contributed by atoms with Crippen LogP contribution >= 0.6 is 11.8 Å². The molecule has 1 atom stereocenters. The zero-order chi connectivity index (χ0) is 13.4. The fraction of sp³-hybridized carbons (Fsp3) is 0.462. The minimum Gasteiger partial charge on any atom is -0.394 e. The molecule has 0 heterocycles. The number of carbonyl (C=O) groups excluding carboxylic acids is 1. The SMILES string of the molecule is COCC(CO)NC(=O)c1ccc(CSC)cc1. The largest absolute Gasteiger partial charge is 0.394 e. The minimum atomic E-state index is -0.367. The van der Waals surface area contributed by atoms with E-state index in [0.717, 1.165) is 5.75 Å². The van der Waals surface area contributed by atoms with Gasteiger partial charge in [0.15, 0.2) is 0 Å². The predicted molar refractivity (Wildman–Crippen MR) is 73.9 cm³/mol. The normalized spacial score (nSPS) is 12.2. The summed E-state index contributed by atoms with van der Waals surface area (Å²) < 4.78 is 4.91. The van der Waals surface area contributed by atoms with E-state index in [4.69, 9.17) is 9.84 Å². The van der Waals surface area contributed by atoms with Crippen LogP contribution in [0, 0.1) is 0 Å². The summed E-state index contributed by atoms with van der Waals surface area (Å²) in [6.45, 7) is 0.164. The summed E-state index contributed by atoms with van der Waals surface area (Å²) in [7, 11) is 1.53. The molecule has 0 radical (unpaired) electrons. The monoisotopic (exact) mass is 269 g/mol. The topological polar surface area (TPSA) is 58.6 Å². The summed E-state index contributed by atoms with van der Waals surface area (Å²) in [6.07, 6.45) is 2.04. The second-order valence-electron chi connectivity index (χ2n) is 3.94. The number of nitrogens with one attached hydrogen (secondary N) is 1. The number of ether oxygens (including phenoxy) is 1. The minimum absolute atomic E-state index is 0.135. The molecular weight excluding hydrogens is 250 g/mol. The molecule has 0 saturated carbocycles. The Kier molecular flexibility index (Phi) is 6.78. The number of aliphatic hydroxyl groups is 1. The third-order valence-corrected chi connectivity index (χ3v) is 3.07. The first-order valence-corrected chi connectivity index (χ1v) is 7.09. The van der Waals surface area contributed by atoms with Gasteiger partial charge in [-0.15, -0.1) is 0 Å². The van der Waals surface area contributed by atoms with Gasteiger partial charge >= 0.3 is 0 Å². The van der Waals surface area contributed by atoms with E-state index in [1.54, 1.807) is 23.9 Å². The van der Waals surface area contributed by atoms with Crippen molar-refractivity contribution in [1.82, 2.24) is 5.32 Å². The van der Waals surface area contributed by atoms with Gasteiger partial charge in [0.1, 0.15) is 0 Å². The fourth-order valence-corrected chi connectivity index (χ4v) is 2.05. The van der Waals surface area contributed by atoms with Crippen molar-refractivity contribution in [3.05, 3.63) is 35.4 Å². The van der Waals surface area contributed by atoms with Gasteiger partial charge < -0.3 is 15.2 Å². The van der Waals surface area contributed by atoms with Crippen LogP contribution < -0.4 is 5.32 Å². The molecule has 0 bridgehead atoms. The molecule has 1 rings (SSSR count). The number of rotatable bonds is 7. The third kappa shape index (κ3) is 4.68. The molecule has 4 nitrogen and oxygen atoms in total. The standard InChI is InChI=1S/C13H19NO3S/c1-17-8-12(7-15)14-13(16)11-5-3-10(4-6-11)9-18-2/h3-6,12,15H,7-9H2,1-2H3,(H,14,16). The van der Waals surface area contributed by atoms with Gasteiger partial charge in [0.05, 0.1) is 19.3 Å². The van der Waals surface area contributed by atoms with Crippen molar-refractivity contribution in [3.63, 3.8) is 0 Å². The van der Waals surface area contributed by atoms with E-state index in [9.17, 15) is 4.79 Å². The number of carbonyl (C=O) groups is 1. The molecular formula is C13H19NO3S. The molecule has 0 aliphatic heterocycles. The maximum atomic E-state index is 11.9. The Balaban J connectivity index is 2.60. The zero-order valence-electron chi connectivity index (χ0n) is 10.7. The highest BCUT2D eigenvalue weighted by Gasteiger charge is 2.12. The molecule has 0 saturated heterocycles. The second kappa shape index (κ2) is 8.13. The molecule has 1 aromatic rings. The van der Waals surface area contributed by atoms with Crippen LogP contribution in [-0.4, -0.2) is 43.6 Å². The van der Waals surface area contributed by atoms with E-state index in [2.05, 4.69) is 5.32 Å². The summed E-state index contributed by atoms with van der Waals surface area (Å²) in [5.41, 5.74) is 1.78. The molecule has 0 spiro atoms. The van der Waals surface area contributed by atoms with E-state index < -0.39 is 0 Å². The van der Waals surface area contributed by atoms with Crippen molar-refractivity contribution >= 4 is 17.7 Å². The lowest BCUT2D eigenvalue weighted by Crippen LogP contribution is -2.40. The highest BCUT2D eigenvalue weighted by molar-refractivity contribution is 7.97. The van der Waals surface area contributed by atoms with Crippen LogP contribution in [0.2, 0.25) is 0 Å². The molecule has 0 aliphatic rings. The van der Waals surface area contributed by atoms with Gasteiger partial charge in [-0.2, -0.15) is 11.8 Å². The van der Waals surface area contributed by atoms with Crippen molar-refractivity contribution in [2.24, 2.45) is 0 Å². The van der Waals surface area contributed by atoms with Gasteiger partial charge in [0.25, 0.3) is 5.91 Å². The third-order valence-electron chi connectivity index (χ3n) is 2.45. The number of benzene rings is 1. The highest BCUT2D eigenvalue weighted by atomic mass is 32.2. The Morgan fingerprint density at radius 1 is 1.44 bits per heavy atom. The number of amides is 1. The fourth-order valence-electron chi connectivity index (χ4n) is 1.53. The maximum absolute atomic E-state index is 11.9. The molecule has 0 aromatic heterocycles. The summed E-state index contributed by atoms with van der Waals surface area (Å²) >= 11 is 1.74. The van der Waals surface area contributed by atoms with Gasteiger partial charge in [-0.3, -0.25) is 4.79 Å². The molecule has 2 N–H and O–H groups in total. The molecule has 0 aliphatic carbocycles. The number of methoxy groups -OCH3 is 1. The van der Waals surface area contributed by atoms with Crippen molar-refractivity contribution in [2.75, 3.05) is 26.6 Å². The van der Waals surface area contributed by atoms with Crippen LogP contribution in [0.4, 0.5) is 0 Å². The molecule has 100 valence electrons. The van der Waals surface area contributed by atoms with Crippen LogP contribution in [0.5, 0.6) is 0 Å². The van der Waals surface area contributed by atoms with Crippen LogP contribution in [0.25, 0.3) is 0 Å². The Hall–Kier alpha value is -1.04. The quantitative estimate of drug-likeness (QED) is 0.783. The summed E-state index contributed by atoms with van der Waals surface area (Å²) in [5, 5.41) is 11.8. The lowest BCUT2D eigenvalue weighted by molar-refractivity contribution is 0.0839.